The molecule has 0 atom stereocenters. The van der Waals surface area contributed by atoms with Crippen LogP contribution >= 0.6 is 0 Å². The summed E-state index contributed by atoms with van der Waals surface area (Å²) in [5.41, 5.74) is 12.0. The molecule has 4 nitrogen and oxygen atoms in total. The lowest BCUT2D eigenvalue weighted by atomic mass is 10.1. The lowest BCUT2D eigenvalue weighted by Crippen LogP contribution is -2.07. The summed E-state index contributed by atoms with van der Waals surface area (Å²) in [5, 5.41) is 0. The van der Waals surface area contributed by atoms with Gasteiger partial charge >= 0.3 is 0 Å². The third-order valence-corrected chi connectivity index (χ3v) is 4.33. The predicted molar refractivity (Wildman–Crippen MR) is 101 cm³/mol. The highest BCUT2D eigenvalue weighted by atomic mass is 15.1. The number of pyridine rings is 1. The van der Waals surface area contributed by atoms with Crippen LogP contribution in [0, 0.1) is 6.92 Å². The second-order valence-electron chi connectivity index (χ2n) is 6.37. The number of hydrogen-bond acceptors (Lipinski definition) is 3. The SMILES string of the molecule is Cc1cnc2c(c1)nc(Cc1ccccc1)n2Cc1ccc(N)cc1. The lowest BCUT2D eigenvalue weighted by Gasteiger charge is -2.09. The summed E-state index contributed by atoms with van der Waals surface area (Å²) in [6.45, 7) is 2.78. The Morgan fingerprint density at radius 2 is 1.72 bits per heavy atom. The van der Waals surface area contributed by atoms with Crippen molar-refractivity contribution in [3.63, 3.8) is 0 Å². The summed E-state index contributed by atoms with van der Waals surface area (Å²) in [6.07, 6.45) is 2.68. The normalized spacial score (nSPS) is 11.1. The van der Waals surface area contributed by atoms with E-state index in [1.807, 2.05) is 31.3 Å². The maximum Gasteiger partial charge on any atom is 0.160 e. The summed E-state index contributed by atoms with van der Waals surface area (Å²) in [5.74, 6) is 1.02. The zero-order valence-electron chi connectivity index (χ0n) is 14.2. The molecule has 124 valence electrons. The Balaban J connectivity index is 1.78. The van der Waals surface area contributed by atoms with Crippen molar-refractivity contribution in [3.05, 3.63) is 89.4 Å². The van der Waals surface area contributed by atoms with Crippen molar-refractivity contribution in [1.82, 2.24) is 14.5 Å². The van der Waals surface area contributed by atoms with Crippen LogP contribution in [0.25, 0.3) is 11.2 Å². The van der Waals surface area contributed by atoms with Crippen molar-refractivity contribution in [2.24, 2.45) is 0 Å². The molecule has 2 heterocycles. The molecular weight excluding hydrogens is 308 g/mol. The molecular formula is C21H20N4. The van der Waals surface area contributed by atoms with E-state index in [0.717, 1.165) is 41.2 Å². The van der Waals surface area contributed by atoms with Crippen LogP contribution in [0.2, 0.25) is 0 Å². The molecule has 0 saturated heterocycles. The summed E-state index contributed by atoms with van der Waals surface area (Å²) >= 11 is 0. The monoisotopic (exact) mass is 328 g/mol. The van der Waals surface area contributed by atoms with E-state index in [9.17, 15) is 0 Å². The van der Waals surface area contributed by atoms with Gasteiger partial charge in [0.05, 0.1) is 6.54 Å². The van der Waals surface area contributed by atoms with Crippen molar-refractivity contribution < 1.29 is 0 Å². The molecule has 2 N–H and O–H groups in total. The van der Waals surface area contributed by atoms with Crippen LogP contribution in [0.5, 0.6) is 0 Å². The molecule has 0 unspecified atom stereocenters. The molecule has 0 fully saturated rings. The minimum absolute atomic E-state index is 0.731. The topological polar surface area (TPSA) is 56.7 Å². The molecule has 0 aliphatic heterocycles. The molecule has 0 radical (unpaired) electrons. The van der Waals surface area contributed by atoms with Crippen molar-refractivity contribution in [2.75, 3.05) is 5.73 Å². The van der Waals surface area contributed by atoms with E-state index in [0.29, 0.717) is 0 Å². The van der Waals surface area contributed by atoms with Gasteiger partial charge in [-0.25, -0.2) is 9.97 Å². The Morgan fingerprint density at radius 3 is 2.48 bits per heavy atom. The van der Waals surface area contributed by atoms with Gasteiger partial charge in [-0.2, -0.15) is 0 Å². The smallest absolute Gasteiger partial charge is 0.160 e. The third-order valence-electron chi connectivity index (χ3n) is 4.33. The average molecular weight is 328 g/mol. The van der Waals surface area contributed by atoms with Crippen molar-refractivity contribution in [2.45, 2.75) is 19.9 Å². The van der Waals surface area contributed by atoms with Crippen LogP contribution in [0.1, 0.15) is 22.5 Å². The molecule has 25 heavy (non-hydrogen) atoms. The summed E-state index contributed by atoms with van der Waals surface area (Å²) in [7, 11) is 0. The zero-order chi connectivity index (χ0) is 17.2. The van der Waals surface area contributed by atoms with E-state index in [-0.39, 0.29) is 0 Å². The Labute approximate surface area is 147 Å². The van der Waals surface area contributed by atoms with Crippen LogP contribution in [0.3, 0.4) is 0 Å². The number of aryl methyl sites for hydroxylation is 1. The number of rotatable bonds is 4. The van der Waals surface area contributed by atoms with E-state index in [1.165, 1.54) is 11.1 Å². The van der Waals surface area contributed by atoms with Gasteiger partial charge in [0.1, 0.15) is 11.3 Å². The molecule has 0 spiro atoms. The molecule has 0 saturated carbocycles. The molecule has 4 rings (SSSR count). The molecule has 4 aromatic rings. The van der Waals surface area contributed by atoms with Gasteiger partial charge in [-0.1, -0.05) is 42.5 Å². The van der Waals surface area contributed by atoms with Gasteiger partial charge in [0.25, 0.3) is 0 Å². The first-order valence-electron chi connectivity index (χ1n) is 8.39. The minimum Gasteiger partial charge on any atom is -0.399 e. The van der Waals surface area contributed by atoms with E-state index in [2.05, 4.69) is 52.0 Å². The maximum atomic E-state index is 5.81. The number of imidazole rings is 1. The van der Waals surface area contributed by atoms with Gasteiger partial charge in [-0.3, -0.25) is 0 Å². The number of anilines is 1. The largest absolute Gasteiger partial charge is 0.399 e. The number of hydrogen-bond donors (Lipinski definition) is 1. The Hall–Kier alpha value is -3.14. The van der Waals surface area contributed by atoms with Crippen LogP contribution in [0.15, 0.2) is 66.9 Å². The fourth-order valence-corrected chi connectivity index (χ4v) is 3.04. The summed E-state index contributed by atoms with van der Waals surface area (Å²) in [6, 6.07) is 20.5. The number of nitrogens with zero attached hydrogens (tertiary/aromatic N) is 3. The van der Waals surface area contributed by atoms with Crippen LogP contribution < -0.4 is 5.73 Å². The highest BCUT2D eigenvalue weighted by Gasteiger charge is 2.13. The Morgan fingerprint density at radius 1 is 0.960 bits per heavy atom. The summed E-state index contributed by atoms with van der Waals surface area (Å²) < 4.78 is 2.20. The van der Waals surface area contributed by atoms with Gasteiger partial charge in [0.2, 0.25) is 0 Å². The first kappa shape index (κ1) is 15.4. The molecule has 0 aliphatic rings. The first-order chi connectivity index (χ1) is 12.2. The van der Waals surface area contributed by atoms with E-state index < -0.39 is 0 Å². The molecule has 4 heteroatoms. The third kappa shape index (κ3) is 3.24. The standard InChI is InChI=1S/C21H20N4/c1-15-11-19-21(23-13-15)25(14-17-7-9-18(22)10-8-17)20(24-19)12-16-5-3-2-4-6-16/h2-11,13H,12,14,22H2,1H3. The number of benzene rings is 2. The van der Waals surface area contributed by atoms with Crippen molar-refractivity contribution >= 4 is 16.9 Å². The van der Waals surface area contributed by atoms with Gasteiger partial charge in [-0.05, 0) is 41.8 Å². The van der Waals surface area contributed by atoms with Crippen LogP contribution in [0.4, 0.5) is 5.69 Å². The number of nitrogens with two attached hydrogens (primary N) is 1. The number of fused-ring (bicyclic) bond motifs is 1. The van der Waals surface area contributed by atoms with Crippen LogP contribution in [-0.4, -0.2) is 14.5 Å². The second kappa shape index (κ2) is 6.40. The predicted octanol–water partition coefficient (Wildman–Crippen LogP) is 3.96. The molecule has 2 aromatic carbocycles. The molecule has 2 aromatic heterocycles. The number of aromatic nitrogens is 3. The van der Waals surface area contributed by atoms with Gasteiger partial charge in [0, 0.05) is 18.3 Å². The highest BCUT2D eigenvalue weighted by molar-refractivity contribution is 5.72. The Kier molecular flexibility index (Phi) is 3.94. The van der Waals surface area contributed by atoms with Crippen LogP contribution in [-0.2, 0) is 13.0 Å². The second-order valence-corrected chi connectivity index (χ2v) is 6.37. The zero-order valence-corrected chi connectivity index (χ0v) is 14.2. The van der Waals surface area contributed by atoms with Gasteiger partial charge in [-0.15, -0.1) is 0 Å². The summed E-state index contributed by atoms with van der Waals surface area (Å²) in [4.78, 5) is 9.49. The fraction of sp³-hybridized carbons (Fsp3) is 0.143. The first-order valence-corrected chi connectivity index (χ1v) is 8.39. The average Bonchev–Trinajstić information content (AvgIpc) is 2.94. The van der Waals surface area contributed by atoms with Crippen molar-refractivity contribution in [1.29, 1.82) is 0 Å². The van der Waals surface area contributed by atoms with Crippen molar-refractivity contribution in [3.8, 4) is 0 Å². The number of nitrogen functional groups attached to an aromatic ring is 1. The maximum absolute atomic E-state index is 5.81. The minimum atomic E-state index is 0.731. The van der Waals surface area contributed by atoms with E-state index in [4.69, 9.17) is 10.7 Å². The Bertz CT molecular complexity index is 1000. The quantitative estimate of drug-likeness (QED) is 0.577. The van der Waals surface area contributed by atoms with Gasteiger partial charge in [0.15, 0.2) is 5.65 Å². The molecule has 0 amide bonds. The fourth-order valence-electron chi connectivity index (χ4n) is 3.04. The van der Waals surface area contributed by atoms with E-state index in [1.54, 1.807) is 0 Å². The molecule has 0 bridgehead atoms. The lowest BCUT2D eigenvalue weighted by molar-refractivity contribution is 0.755. The van der Waals surface area contributed by atoms with Gasteiger partial charge < -0.3 is 10.3 Å². The molecule has 0 aliphatic carbocycles. The highest BCUT2D eigenvalue weighted by Crippen LogP contribution is 2.20. The van der Waals surface area contributed by atoms with E-state index >= 15 is 0 Å².